The zero-order chi connectivity index (χ0) is 17.1. The molecule has 25 heavy (non-hydrogen) atoms. The lowest BCUT2D eigenvalue weighted by atomic mass is 10.1. The lowest BCUT2D eigenvalue weighted by Crippen LogP contribution is -2.01. The van der Waals surface area contributed by atoms with Gasteiger partial charge in [0.15, 0.2) is 0 Å². The van der Waals surface area contributed by atoms with Gasteiger partial charge in [0, 0.05) is 17.3 Å². The van der Waals surface area contributed by atoms with E-state index in [1.54, 1.807) is 16.9 Å². The van der Waals surface area contributed by atoms with Crippen LogP contribution in [-0.2, 0) is 0 Å². The fourth-order valence-corrected chi connectivity index (χ4v) is 2.69. The van der Waals surface area contributed by atoms with Crippen molar-refractivity contribution in [3.63, 3.8) is 0 Å². The van der Waals surface area contributed by atoms with Crippen LogP contribution in [-0.4, -0.2) is 20.0 Å². The van der Waals surface area contributed by atoms with Crippen LogP contribution >= 0.6 is 0 Å². The van der Waals surface area contributed by atoms with E-state index in [1.807, 2.05) is 66.9 Å². The summed E-state index contributed by atoms with van der Waals surface area (Å²) >= 11 is 0. The highest BCUT2D eigenvalue weighted by atomic mass is 15.4. The maximum Gasteiger partial charge on any atom is 0.113 e. The molecule has 0 unspecified atom stereocenters. The van der Waals surface area contributed by atoms with Crippen LogP contribution in [0.25, 0.3) is 28.2 Å². The third-order valence-corrected chi connectivity index (χ3v) is 3.90. The summed E-state index contributed by atoms with van der Waals surface area (Å²) in [6.07, 6.45) is 3.50. The maximum absolute atomic E-state index is 9.69. The Hall–Kier alpha value is -3.78. The molecule has 4 rings (SSSR count). The number of nitriles is 1. The second-order valence-corrected chi connectivity index (χ2v) is 5.45. The van der Waals surface area contributed by atoms with Gasteiger partial charge in [-0.15, -0.1) is 5.10 Å². The summed E-state index contributed by atoms with van der Waals surface area (Å²) < 4.78 is 1.62. The number of nitrogens with zero attached hydrogens (tertiary/aromatic N) is 5. The van der Waals surface area contributed by atoms with E-state index in [1.165, 1.54) is 0 Å². The second-order valence-electron chi connectivity index (χ2n) is 5.45. The zero-order valence-electron chi connectivity index (χ0n) is 13.2. The molecule has 0 aliphatic carbocycles. The van der Waals surface area contributed by atoms with E-state index in [4.69, 9.17) is 0 Å². The van der Waals surface area contributed by atoms with E-state index in [0.29, 0.717) is 16.9 Å². The van der Waals surface area contributed by atoms with Crippen molar-refractivity contribution in [2.24, 2.45) is 0 Å². The number of pyridine rings is 1. The van der Waals surface area contributed by atoms with Crippen LogP contribution in [0.3, 0.4) is 0 Å². The van der Waals surface area contributed by atoms with E-state index in [0.717, 1.165) is 16.8 Å². The van der Waals surface area contributed by atoms with Crippen molar-refractivity contribution in [3.05, 3.63) is 84.7 Å². The minimum Gasteiger partial charge on any atom is -0.255 e. The molecule has 0 aliphatic heterocycles. The predicted octanol–water partition coefficient (Wildman–Crippen LogP) is 3.87. The first-order chi connectivity index (χ1) is 12.4. The molecule has 0 bridgehead atoms. The topological polar surface area (TPSA) is 67.4 Å². The molecule has 2 aromatic heterocycles. The quantitative estimate of drug-likeness (QED) is 0.574. The molecular weight excluding hydrogens is 310 g/mol. The normalized spacial score (nSPS) is 10.4. The monoisotopic (exact) mass is 323 g/mol. The molecule has 0 saturated heterocycles. The summed E-state index contributed by atoms with van der Waals surface area (Å²) in [5.41, 5.74) is 4.39. The minimum atomic E-state index is 0.471. The maximum atomic E-state index is 9.69. The molecule has 0 fully saturated rings. The fraction of sp³-hybridized carbons (Fsp3) is 0. The molecule has 0 radical (unpaired) electrons. The van der Waals surface area contributed by atoms with Crippen LogP contribution in [0.5, 0.6) is 0 Å². The number of aromatic nitrogens is 4. The molecule has 0 N–H and O–H groups in total. The highest BCUT2D eigenvalue weighted by Gasteiger charge is 2.14. The molecule has 0 aliphatic rings. The van der Waals surface area contributed by atoms with Gasteiger partial charge in [0.2, 0.25) is 0 Å². The number of benzene rings is 2. The van der Waals surface area contributed by atoms with Crippen LogP contribution in [0.15, 0.2) is 79.1 Å². The summed E-state index contributed by atoms with van der Waals surface area (Å²) in [5.74, 6) is 0. The van der Waals surface area contributed by atoms with Gasteiger partial charge in [0.05, 0.1) is 17.6 Å². The third-order valence-electron chi connectivity index (χ3n) is 3.90. The van der Waals surface area contributed by atoms with Crippen LogP contribution in [0.2, 0.25) is 0 Å². The zero-order valence-corrected chi connectivity index (χ0v) is 13.2. The first-order valence-corrected chi connectivity index (χ1v) is 7.79. The van der Waals surface area contributed by atoms with E-state index < -0.39 is 0 Å². The number of rotatable bonds is 3. The SMILES string of the molecule is N#Cc1c(-n2cc(-c3ccccc3)nn2)ccnc1-c1ccccc1. The van der Waals surface area contributed by atoms with Crippen molar-refractivity contribution < 1.29 is 0 Å². The molecule has 5 nitrogen and oxygen atoms in total. The van der Waals surface area contributed by atoms with Crippen LogP contribution in [0.4, 0.5) is 0 Å². The van der Waals surface area contributed by atoms with Gasteiger partial charge in [-0.1, -0.05) is 65.9 Å². The summed E-state index contributed by atoms with van der Waals surface area (Å²) in [7, 11) is 0. The fourth-order valence-electron chi connectivity index (χ4n) is 2.69. The summed E-state index contributed by atoms with van der Waals surface area (Å²) in [6.45, 7) is 0. The molecule has 0 atom stereocenters. The van der Waals surface area contributed by atoms with Gasteiger partial charge in [-0.25, -0.2) is 4.68 Å². The summed E-state index contributed by atoms with van der Waals surface area (Å²) in [5, 5.41) is 18.1. The van der Waals surface area contributed by atoms with E-state index in [9.17, 15) is 5.26 Å². The molecule has 0 amide bonds. The largest absolute Gasteiger partial charge is 0.255 e. The third kappa shape index (κ3) is 2.77. The standard InChI is InChI=1S/C20H13N5/c21-13-17-19(11-12-22-20(17)16-9-5-2-6-10-16)25-14-18(23-24-25)15-7-3-1-4-8-15/h1-12,14H. The Morgan fingerprint density at radius 2 is 1.52 bits per heavy atom. The average Bonchev–Trinajstić information content (AvgIpc) is 3.19. The van der Waals surface area contributed by atoms with E-state index in [-0.39, 0.29) is 0 Å². The Morgan fingerprint density at radius 1 is 0.840 bits per heavy atom. The Bertz CT molecular complexity index is 1050. The molecule has 2 heterocycles. The van der Waals surface area contributed by atoms with Gasteiger partial charge in [-0.3, -0.25) is 4.98 Å². The Balaban J connectivity index is 1.82. The van der Waals surface area contributed by atoms with Crippen molar-refractivity contribution in [3.8, 4) is 34.3 Å². The first-order valence-electron chi connectivity index (χ1n) is 7.79. The van der Waals surface area contributed by atoms with Crippen molar-refractivity contribution in [2.45, 2.75) is 0 Å². The van der Waals surface area contributed by atoms with Gasteiger partial charge in [-0.05, 0) is 6.07 Å². The van der Waals surface area contributed by atoms with E-state index in [2.05, 4.69) is 21.4 Å². The highest BCUT2D eigenvalue weighted by molar-refractivity contribution is 5.71. The molecule has 0 spiro atoms. The molecule has 5 heteroatoms. The lowest BCUT2D eigenvalue weighted by molar-refractivity contribution is 0.800. The van der Waals surface area contributed by atoms with Gasteiger partial charge in [0.25, 0.3) is 0 Å². The Labute approximate surface area is 144 Å². The summed E-state index contributed by atoms with van der Waals surface area (Å²) in [6, 6.07) is 23.5. The van der Waals surface area contributed by atoms with Crippen molar-refractivity contribution >= 4 is 0 Å². The van der Waals surface area contributed by atoms with Crippen molar-refractivity contribution in [1.82, 2.24) is 20.0 Å². The molecule has 118 valence electrons. The van der Waals surface area contributed by atoms with E-state index >= 15 is 0 Å². The summed E-state index contributed by atoms with van der Waals surface area (Å²) in [4.78, 5) is 4.39. The van der Waals surface area contributed by atoms with Gasteiger partial charge < -0.3 is 0 Å². The van der Waals surface area contributed by atoms with Crippen LogP contribution < -0.4 is 0 Å². The van der Waals surface area contributed by atoms with Gasteiger partial charge in [0.1, 0.15) is 17.3 Å². The van der Waals surface area contributed by atoms with Crippen LogP contribution in [0.1, 0.15) is 5.56 Å². The molecular formula is C20H13N5. The van der Waals surface area contributed by atoms with Crippen molar-refractivity contribution in [1.29, 1.82) is 5.26 Å². The second kappa shape index (κ2) is 6.38. The Morgan fingerprint density at radius 3 is 2.20 bits per heavy atom. The van der Waals surface area contributed by atoms with Gasteiger partial charge >= 0.3 is 0 Å². The average molecular weight is 323 g/mol. The number of hydrogen-bond acceptors (Lipinski definition) is 4. The van der Waals surface area contributed by atoms with Crippen LogP contribution in [0, 0.1) is 11.3 Å². The van der Waals surface area contributed by atoms with Gasteiger partial charge in [-0.2, -0.15) is 5.26 Å². The van der Waals surface area contributed by atoms with Crippen molar-refractivity contribution in [2.75, 3.05) is 0 Å². The molecule has 0 saturated carbocycles. The minimum absolute atomic E-state index is 0.471. The molecule has 4 aromatic rings. The predicted molar refractivity (Wildman–Crippen MR) is 94.7 cm³/mol. The Kier molecular flexibility index (Phi) is 3.77. The first kappa shape index (κ1) is 14.8. The lowest BCUT2D eigenvalue weighted by Gasteiger charge is -2.08. The molecule has 2 aromatic carbocycles. The smallest absolute Gasteiger partial charge is 0.113 e. The number of hydrogen-bond donors (Lipinski definition) is 0. The highest BCUT2D eigenvalue weighted by Crippen LogP contribution is 2.26.